The number of nitrogens with one attached hydrogen (secondary N) is 1. The highest BCUT2D eigenvalue weighted by molar-refractivity contribution is 6.05. The molecule has 5 nitrogen and oxygen atoms in total. The van der Waals surface area contributed by atoms with E-state index < -0.39 is 0 Å². The number of aromatic nitrogens is 2. The average molecular weight is 271 g/mol. The zero-order valence-electron chi connectivity index (χ0n) is 11.4. The number of H-pyrrole nitrogens is 1. The number of likely N-dealkylation sites (tertiary alicyclic amines) is 1. The molecule has 3 heterocycles. The molecule has 1 atom stereocenters. The van der Waals surface area contributed by atoms with Crippen LogP contribution in [0.4, 0.5) is 0 Å². The predicted molar refractivity (Wildman–Crippen MR) is 76.7 cm³/mol. The normalized spacial score (nSPS) is 19.2. The summed E-state index contributed by atoms with van der Waals surface area (Å²) in [6.45, 7) is 3.72. The van der Waals surface area contributed by atoms with Crippen LogP contribution in [0.3, 0.4) is 0 Å². The van der Waals surface area contributed by atoms with Crippen LogP contribution in [0.1, 0.15) is 30.1 Å². The zero-order chi connectivity index (χ0) is 14.1. The lowest BCUT2D eigenvalue weighted by atomic mass is 9.99. The van der Waals surface area contributed by atoms with E-state index in [2.05, 4.69) is 16.9 Å². The number of amides is 1. The van der Waals surface area contributed by atoms with Gasteiger partial charge in [-0.2, -0.15) is 0 Å². The maximum Gasteiger partial charge on any atom is 0.274 e. The van der Waals surface area contributed by atoms with Crippen molar-refractivity contribution in [3.63, 3.8) is 0 Å². The Morgan fingerprint density at radius 1 is 1.50 bits per heavy atom. The van der Waals surface area contributed by atoms with Crippen LogP contribution < -0.4 is 5.56 Å². The summed E-state index contributed by atoms with van der Waals surface area (Å²) in [6, 6.07) is 3.52. The minimum atomic E-state index is -0.260. The fourth-order valence-electron chi connectivity index (χ4n) is 2.81. The Kier molecular flexibility index (Phi) is 3.26. The Morgan fingerprint density at radius 3 is 3.15 bits per heavy atom. The molecule has 1 N–H and O–H groups in total. The number of pyridine rings is 2. The standard InChI is InChI=1S/C15H17N3O2/c1-10-4-3-7-18(9-10)15(20)12-8-17-14(19)13-11(12)5-2-6-16-13/h2,5-6,8,10H,3-4,7,9H2,1H3,(H,17,19). The number of carbonyl (C=O) groups excluding carboxylic acids is 1. The summed E-state index contributed by atoms with van der Waals surface area (Å²) in [6.07, 6.45) is 5.27. The number of hydrogen-bond donors (Lipinski definition) is 1. The van der Waals surface area contributed by atoms with Gasteiger partial charge in [-0.1, -0.05) is 13.0 Å². The van der Waals surface area contributed by atoms with E-state index >= 15 is 0 Å². The SMILES string of the molecule is CC1CCCN(C(=O)c2c[nH]c(=O)c3ncccc23)C1. The second kappa shape index (κ2) is 5.07. The molecule has 1 fully saturated rings. The monoisotopic (exact) mass is 271 g/mol. The lowest BCUT2D eigenvalue weighted by Crippen LogP contribution is -2.39. The number of nitrogens with zero attached hydrogens (tertiary/aromatic N) is 2. The summed E-state index contributed by atoms with van der Waals surface area (Å²) in [4.78, 5) is 32.9. The molecule has 1 amide bonds. The van der Waals surface area contributed by atoms with Gasteiger partial charge in [0, 0.05) is 30.9 Å². The Hall–Kier alpha value is -2.17. The van der Waals surface area contributed by atoms with Gasteiger partial charge in [0.15, 0.2) is 0 Å². The number of fused-ring (bicyclic) bond motifs is 1. The molecule has 3 rings (SSSR count). The van der Waals surface area contributed by atoms with Gasteiger partial charge in [0.05, 0.1) is 5.56 Å². The molecule has 0 bridgehead atoms. The van der Waals surface area contributed by atoms with E-state index in [1.54, 1.807) is 18.3 Å². The van der Waals surface area contributed by atoms with E-state index in [4.69, 9.17) is 0 Å². The minimum absolute atomic E-state index is 0.0224. The molecular formula is C15H17N3O2. The molecule has 2 aromatic heterocycles. The largest absolute Gasteiger partial charge is 0.338 e. The first-order valence-corrected chi connectivity index (χ1v) is 6.92. The highest BCUT2D eigenvalue weighted by Crippen LogP contribution is 2.20. The van der Waals surface area contributed by atoms with Gasteiger partial charge in [-0.05, 0) is 24.8 Å². The number of carbonyl (C=O) groups is 1. The van der Waals surface area contributed by atoms with Crippen molar-refractivity contribution in [1.82, 2.24) is 14.9 Å². The molecule has 0 spiro atoms. The number of rotatable bonds is 1. The third-order valence-corrected chi connectivity index (χ3v) is 3.84. The summed E-state index contributed by atoms with van der Waals surface area (Å²) < 4.78 is 0. The first-order chi connectivity index (χ1) is 9.66. The van der Waals surface area contributed by atoms with E-state index in [0.29, 0.717) is 22.4 Å². The van der Waals surface area contributed by atoms with Crippen molar-refractivity contribution < 1.29 is 4.79 Å². The maximum absolute atomic E-state index is 12.6. The van der Waals surface area contributed by atoms with Gasteiger partial charge in [0.25, 0.3) is 11.5 Å². The molecule has 1 saturated heterocycles. The van der Waals surface area contributed by atoms with Crippen LogP contribution in [0, 0.1) is 5.92 Å². The van der Waals surface area contributed by atoms with Crippen molar-refractivity contribution in [2.75, 3.05) is 13.1 Å². The van der Waals surface area contributed by atoms with Crippen molar-refractivity contribution in [2.24, 2.45) is 5.92 Å². The predicted octanol–water partition coefficient (Wildman–Crippen LogP) is 1.80. The van der Waals surface area contributed by atoms with Crippen LogP contribution in [-0.2, 0) is 0 Å². The molecular weight excluding hydrogens is 254 g/mol. The number of hydrogen-bond acceptors (Lipinski definition) is 3. The quantitative estimate of drug-likeness (QED) is 0.860. The second-order valence-electron chi connectivity index (χ2n) is 5.43. The topological polar surface area (TPSA) is 66.1 Å². The summed E-state index contributed by atoms with van der Waals surface area (Å²) in [7, 11) is 0. The van der Waals surface area contributed by atoms with Gasteiger partial charge < -0.3 is 9.88 Å². The molecule has 0 radical (unpaired) electrons. The number of aromatic amines is 1. The molecule has 1 unspecified atom stereocenters. The fourth-order valence-corrected chi connectivity index (χ4v) is 2.81. The highest BCUT2D eigenvalue weighted by atomic mass is 16.2. The van der Waals surface area contributed by atoms with Gasteiger partial charge in [0.1, 0.15) is 5.52 Å². The van der Waals surface area contributed by atoms with Crippen LogP contribution in [-0.4, -0.2) is 33.9 Å². The highest BCUT2D eigenvalue weighted by Gasteiger charge is 2.23. The third kappa shape index (κ3) is 2.19. The van der Waals surface area contributed by atoms with Crippen LogP contribution >= 0.6 is 0 Å². The van der Waals surface area contributed by atoms with E-state index in [1.807, 2.05) is 4.90 Å². The van der Waals surface area contributed by atoms with Crippen molar-refractivity contribution in [3.8, 4) is 0 Å². The molecule has 0 aliphatic carbocycles. The van der Waals surface area contributed by atoms with Gasteiger partial charge in [0.2, 0.25) is 0 Å². The average Bonchev–Trinajstić information content (AvgIpc) is 2.47. The van der Waals surface area contributed by atoms with E-state index in [1.165, 1.54) is 6.20 Å². The molecule has 0 saturated carbocycles. The number of piperidine rings is 1. The molecule has 1 aliphatic heterocycles. The molecule has 20 heavy (non-hydrogen) atoms. The summed E-state index contributed by atoms with van der Waals surface area (Å²) in [5.41, 5.74) is 0.592. The van der Waals surface area contributed by atoms with Crippen LogP contribution in [0.2, 0.25) is 0 Å². The van der Waals surface area contributed by atoms with Crippen molar-refractivity contribution in [3.05, 3.63) is 40.4 Å². The Labute approximate surface area is 116 Å². The van der Waals surface area contributed by atoms with E-state index in [0.717, 1.165) is 25.9 Å². The van der Waals surface area contributed by atoms with Crippen LogP contribution in [0.25, 0.3) is 10.9 Å². The Balaban J connectivity index is 2.04. The Bertz CT molecular complexity index is 708. The van der Waals surface area contributed by atoms with Crippen molar-refractivity contribution in [2.45, 2.75) is 19.8 Å². The van der Waals surface area contributed by atoms with Gasteiger partial charge in [-0.3, -0.25) is 14.6 Å². The second-order valence-corrected chi connectivity index (χ2v) is 5.43. The summed E-state index contributed by atoms with van der Waals surface area (Å²) in [5, 5.41) is 0.625. The van der Waals surface area contributed by atoms with Crippen molar-refractivity contribution in [1.29, 1.82) is 0 Å². The lowest BCUT2D eigenvalue weighted by Gasteiger charge is -2.31. The molecule has 5 heteroatoms. The van der Waals surface area contributed by atoms with Crippen LogP contribution in [0.5, 0.6) is 0 Å². The fraction of sp³-hybridized carbons (Fsp3) is 0.400. The minimum Gasteiger partial charge on any atom is -0.338 e. The first-order valence-electron chi connectivity index (χ1n) is 6.92. The molecule has 1 aliphatic rings. The van der Waals surface area contributed by atoms with E-state index in [-0.39, 0.29) is 11.5 Å². The Morgan fingerprint density at radius 2 is 2.35 bits per heavy atom. The smallest absolute Gasteiger partial charge is 0.274 e. The molecule has 104 valence electrons. The lowest BCUT2D eigenvalue weighted by molar-refractivity contribution is 0.0684. The third-order valence-electron chi connectivity index (χ3n) is 3.84. The first kappa shape index (κ1) is 12.8. The van der Waals surface area contributed by atoms with Crippen LogP contribution in [0.15, 0.2) is 29.3 Å². The maximum atomic E-state index is 12.6. The molecule has 0 aromatic carbocycles. The zero-order valence-corrected chi connectivity index (χ0v) is 11.4. The van der Waals surface area contributed by atoms with Crippen molar-refractivity contribution >= 4 is 16.8 Å². The van der Waals surface area contributed by atoms with Gasteiger partial charge >= 0.3 is 0 Å². The van der Waals surface area contributed by atoms with Gasteiger partial charge in [-0.15, -0.1) is 0 Å². The summed E-state index contributed by atoms with van der Waals surface area (Å²) in [5.74, 6) is 0.505. The summed E-state index contributed by atoms with van der Waals surface area (Å²) >= 11 is 0. The van der Waals surface area contributed by atoms with Gasteiger partial charge in [-0.25, -0.2) is 0 Å². The molecule has 2 aromatic rings. The van der Waals surface area contributed by atoms with E-state index in [9.17, 15) is 9.59 Å².